The van der Waals surface area contributed by atoms with Crippen LogP contribution >= 0.6 is 0 Å². The topological polar surface area (TPSA) is 42.1 Å². The van der Waals surface area contributed by atoms with Gasteiger partial charge in [-0.25, -0.2) is 4.79 Å². The average molecular weight is 165 g/mol. The largest absolute Gasteiger partial charge is 0.464 e. The van der Waals surface area contributed by atoms with Gasteiger partial charge in [-0.3, -0.25) is 0 Å². The van der Waals surface area contributed by atoms with Crippen LogP contribution in [0.15, 0.2) is 18.8 Å². The van der Waals surface area contributed by atoms with Gasteiger partial charge in [-0.2, -0.15) is 0 Å². The van der Waals surface area contributed by atoms with Crippen molar-refractivity contribution in [3.05, 3.63) is 30.1 Å². The molecule has 0 aliphatic rings. The number of carbonyl (C=O) groups is 1. The Hall–Kier alpha value is -1.51. The Morgan fingerprint density at radius 2 is 2.33 bits per heavy atom. The van der Waals surface area contributed by atoms with Crippen molar-refractivity contribution in [1.29, 1.82) is 0 Å². The smallest absolute Gasteiger partial charge is 0.355 e. The summed E-state index contributed by atoms with van der Waals surface area (Å²) in [5, 5.41) is 0. The fraction of sp³-hybridized carbons (Fsp3) is 0.222. The normalized spacial score (nSPS) is 9.50. The van der Waals surface area contributed by atoms with E-state index >= 15 is 0 Å². The number of allylic oxidation sites excluding steroid dienone is 1. The Labute approximate surface area is 71.1 Å². The predicted molar refractivity (Wildman–Crippen MR) is 46.8 cm³/mol. The summed E-state index contributed by atoms with van der Waals surface area (Å²) < 4.78 is 4.57. The van der Waals surface area contributed by atoms with Crippen molar-refractivity contribution in [2.24, 2.45) is 0 Å². The van der Waals surface area contributed by atoms with E-state index in [1.807, 2.05) is 6.92 Å². The molecule has 0 aromatic carbocycles. The van der Waals surface area contributed by atoms with Gasteiger partial charge < -0.3 is 9.72 Å². The van der Waals surface area contributed by atoms with Gasteiger partial charge in [0.25, 0.3) is 0 Å². The zero-order chi connectivity index (χ0) is 9.14. The van der Waals surface area contributed by atoms with E-state index in [4.69, 9.17) is 0 Å². The van der Waals surface area contributed by atoms with E-state index in [2.05, 4.69) is 16.3 Å². The van der Waals surface area contributed by atoms with Gasteiger partial charge in [0, 0.05) is 11.8 Å². The van der Waals surface area contributed by atoms with E-state index in [0.29, 0.717) is 5.69 Å². The molecule has 3 heteroatoms. The summed E-state index contributed by atoms with van der Waals surface area (Å²) in [4.78, 5) is 13.9. The van der Waals surface area contributed by atoms with E-state index in [-0.39, 0.29) is 5.97 Å². The lowest BCUT2D eigenvalue weighted by Gasteiger charge is -2.00. The van der Waals surface area contributed by atoms with Crippen molar-refractivity contribution in [1.82, 2.24) is 4.98 Å². The molecular formula is C9H11NO2. The van der Waals surface area contributed by atoms with Crippen LogP contribution in [-0.4, -0.2) is 18.1 Å². The zero-order valence-corrected chi connectivity index (χ0v) is 7.18. The number of aromatic nitrogens is 1. The highest BCUT2D eigenvalue weighted by Crippen LogP contribution is 2.16. The number of aromatic amines is 1. The fourth-order valence-corrected chi connectivity index (χ4v) is 0.996. The second-order valence-corrected chi connectivity index (χ2v) is 2.54. The standard InChI is InChI=1S/C9H11NO2/c1-6(2)7-4-5-10-8(7)9(11)12-3/h4-5,10H,1H2,2-3H3. The van der Waals surface area contributed by atoms with Crippen LogP contribution in [0.25, 0.3) is 5.57 Å². The van der Waals surface area contributed by atoms with E-state index in [1.165, 1.54) is 7.11 Å². The predicted octanol–water partition coefficient (Wildman–Crippen LogP) is 1.83. The minimum absolute atomic E-state index is 0.363. The van der Waals surface area contributed by atoms with Crippen LogP contribution in [0.1, 0.15) is 23.0 Å². The molecule has 1 rings (SSSR count). The summed E-state index contributed by atoms with van der Waals surface area (Å²) in [7, 11) is 1.35. The molecule has 0 atom stereocenters. The van der Waals surface area contributed by atoms with Gasteiger partial charge in [0.2, 0.25) is 0 Å². The van der Waals surface area contributed by atoms with Crippen LogP contribution in [-0.2, 0) is 4.74 Å². The number of esters is 1. The molecule has 0 unspecified atom stereocenters. The van der Waals surface area contributed by atoms with Gasteiger partial charge in [0.05, 0.1) is 7.11 Å². The Morgan fingerprint density at radius 1 is 1.67 bits per heavy atom. The third-order valence-corrected chi connectivity index (χ3v) is 1.60. The first-order chi connectivity index (χ1) is 5.66. The molecule has 1 aromatic rings. The molecule has 0 amide bonds. The number of hydrogen-bond acceptors (Lipinski definition) is 2. The molecule has 0 fully saturated rings. The second kappa shape index (κ2) is 3.26. The highest BCUT2D eigenvalue weighted by atomic mass is 16.5. The van der Waals surface area contributed by atoms with E-state index in [9.17, 15) is 4.79 Å². The molecule has 1 aromatic heterocycles. The van der Waals surface area contributed by atoms with Gasteiger partial charge >= 0.3 is 5.97 Å². The third kappa shape index (κ3) is 1.39. The summed E-state index contributed by atoms with van der Waals surface area (Å²) in [6.45, 7) is 5.59. The van der Waals surface area contributed by atoms with Crippen molar-refractivity contribution < 1.29 is 9.53 Å². The van der Waals surface area contributed by atoms with Gasteiger partial charge in [0.1, 0.15) is 5.69 Å². The Bertz CT molecular complexity index is 312. The first-order valence-corrected chi connectivity index (χ1v) is 3.58. The van der Waals surface area contributed by atoms with Crippen LogP contribution in [0.2, 0.25) is 0 Å². The molecule has 3 nitrogen and oxygen atoms in total. The van der Waals surface area contributed by atoms with Crippen molar-refractivity contribution >= 4 is 11.5 Å². The zero-order valence-electron chi connectivity index (χ0n) is 7.18. The van der Waals surface area contributed by atoms with E-state index < -0.39 is 0 Å². The number of hydrogen-bond donors (Lipinski definition) is 1. The van der Waals surface area contributed by atoms with Crippen LogP contribution in [0.3, 0.4) is 0 Å². The SMILES string of the molecule is C=C(C)c1cc[nH]c1C(=O)OC. The number of nitrogens with one attached hydrogen (secondary N) is 1. The number of methoxy groups -OCH3 is 1. The van der Waals surface area contributed by atoms with Gasteiger partial charge in [-0.05, 0) is 18.6 Å². The fourth-order valence-electron chi connectivity index (χ4n) is 0.996. The molecule has 12 heavy (non-hydrogen) atoms. The second-order valence-electron chi connectivity index (χ2n) is 2.54. The summed E-state index contributed by atoms with van der Waals surface area (Å²) in [5.74, 6) is -0.363. The molecule has 0 saturated carbocycles. The number of ether oxygens (including phenoxy) is 1. The minimum Gasteiger partial charge on any atom is -0.464 e. The molecule has 1 heterocycles. The molecule has 0 radical (unpaired) electrons. The first kappa shape index (κ1) is 8.59. The Balaban J connectivity index is 3.07. The molecule has 0 saturated heterocycles. The lowest BCUT2D eigenvalue weighted by Crippen LogP contribution is -2.03. The van der Waals surface area contributed by atoms with Gasteiger partial charge in [0.15, 0.2) is 0 Å². The molecule has 0 bridgehead atoms. The maximum atomic E-state index is 11.1. The number of carbonyl (C=O) groups excluding carboxylic acids is 1. The summed E-state index contributed by atoms with van der Waals surface area (Å²) >= 11 is 0. The lowest BCUT2D eigenvalue weighted by molar-refractivity contribution is 0.0594. The molecule has 1 N–H and O–H groups in total. The number of H-pyrrole nitrogens is 1. The van der Waals surface area contributed by atoms with Gasteiger partial charge in [-0.1, -0.05) is 6.58 Å². The summed E-state index contributed by atoms with van der Waals surface area (Å²) in [6, 6.07) is 1.80. The van der Waals surface area contributed by atoms with Crippen LogP contribution in [0.4, 0.5) is 0 Å². The maximum Gasteiger partial charge on any atom is 0.355 e. The Kier molecular flexibility index (Phi) is 2.33. The molecule has 0 aliphatic heterocycles. The minimum atomic E-state index is -0.363. The molecule has 64 valence electrons. The van der Waals surface area contributed by atoms with Crippen molar-refractivity contribution in [3.63, 3.8) is 0 Å². The third-order valence-electron chi connectivity index (χ3n) is 1.60. The average Bonchev–Trinajstić information content (AvgIpc) is 2.50. The quantitative estimate of drug-likeness (QED) is 0.679. The van der Waals surface area contributed by atoms with Gasteiger partial charge in [-0.15, -0.1) is 0 Å². The van der Waals surface area contributed by atoms with Crippen LogP contribution < -0.4 is 0 Å². The monoisotopic (exact) mass is 165 g/mol. The lowest BCUT2D eigenvalue weighted by atomic mass is 10.1. The van der Waals surface area contributed by atoms with E-state index in [0.717, 1.165) is 11.1 Å². The highest BCUT2D eigenvalue weighted by molar-refractivity contribution is 5.93. The first-order valence-electron chi connectivity index (χ1n) is 3.58. The van der Waals surface area contributed by atoms with Crippen molar-refractivity contribution in [3.8, 4) is 0 Å². The summed E-state index contributed by atoms with van der Waals surface area (Å²) in [6.07, 6.45) is 1.69. The van der Waals surface area contributed by atoms with Crippen molar-refractivity contribution in [2.75, 3.05) is 7.11 Å². The Morgan fingerprint density at radius 3 is 2.83 bits per heavy atom. The maximum absolute atomic E-state index is 11.1. The highest BCUT2D eigenvalue weighted by Gasteiger charge is 2.12. The summed E-state index contributed by atoms with van der Waals surface area (Å²) in [5.41, 5.74) is 2.11. The molecule has 0 aliphatic carbocycles. The van der Waals surface area contributed by atoms with Crippen LogP contribution in [0, 0.1) is 0 Å². The van der Waals surface area contributed by atoms with E-state index in [1.54, 1.807) is 12.3 Å². The molecular weight excluding hydrogens is 154 g/mol. The van der Waals surface area contributed by atoms with Crippen LogP contribution in [0.5, 0.6) is 0 Å². The number of rotatable bonds is 2. The van der Waals surface area contributed by atoms with Crippen molar-refractivity contribution in [2.45, 2.75) is 6.92 Å². The molecule has 0 spiro atoms.